The molecule has 0 heterocycles. The zero-order valence-corrected chi connectivity index (χ0v) is 7.21. The van der Waals surface area contributed by atoms with Crippen molar-refractivity contribution < 1.29 is 9.63 Å². The minimum Gasteiger partial charge on any atom is -0.353 e. The van der Waals surface area contributed by atoms with E-state index in [0.29, 0.717) is 25.5 Å². The molecule has 0 saturated heterocycles. The van der Waals surface area contributed by atoms with Crippen LogP contribution in [-0.2, 0) is 9.63 Å². The van der Waals surface area contributed by atoms with Crippen LogP contribution in [0.25, 0.3) is 0 Å². The van der Waals surface area contributed by atoms with Crippen molar-refractivity contribution >= 4 is 5.91 Å². The summed E-state index contributed by atoms with van der Waals surface area (Å²) < 4.78 is 0. The molecule has 3 N–H and O–H groups in total. The van der Waals surface area contributed by atoms with Crippen molar-refractivity contribution in [3.63, 3.8) is 0 Å². The Bertz CT molecular complexity index is 146. The lowest BCUT2D eigenvalue weighted by Crippen LogP contribution is -2.39. The maximum Gasteiger partial charge on any atom is 0.220 e. The van der Waals surface area contributed by atoms with Crippen LogP contribution in [0.4, 0.5) is 0 Å². The highest BCUT2D eigenvalue weighted by Crippen LogP contribution is 2.17. The third kappa shape index (κ3) is 3.19. The van der Waals surface area contributed by atoms with Gasteiger partial charge in [0.05, 0.1) is 6.61 Å². The number of carbonyl (C=O) groups is 1. The first-order chi connectivity index (χ1) is 5.83. The van der Waals surface area contributed by atoms with Crippen LogP contribution in [0.3, 0.4) is 0 Å². The van der Waals surface area contributed by atoms with Crippen molar-refractivity contribution in [1.29, 1.82) is 0 Å². The van der Waals surface area contributed by atoms with Crippen LogP contribution in [0, 0.1) is 0 Å². The Labute approximate surface area is 72.4 Å². The number of amides is 1. The first-order valence-corrected chi connectivity index (χ1v) is 4.44. The predicted octanol–water partition coefficient (Wildman–Crippen LogP) is 0.326. The Morgan fingerprint density at radius 2 is 2.33 bits per heavy atom. The van der Waals surface area contributed by atoms with Gasteiger partial charge in [-0.25, -0.2) is 5.90 Å². The second-order valence-corrected chi connectivity index (χ2v) is 3.17. The average molecular weight is 172 g/mol. The van der Waals surface area contributed by atoms with E-state index in [9.17, 15) is 4.79 Å². The van der Waals surface area contributed by atoms with E-state index in [4.69, 9.17) is 5.90 Å². The second kappa shape index (κ2) is 5.11. The summed E-state index contributed by atoms with van der Waals surface area (Å²) in [4.78, 5) is 15.5. The zero-order chi connectivity index (χ0) is 8.81. The van der Waals surface area contributed by atoms with Crippen molar-refractivity contribution in [3.8, 4) is 0 Å². The predicted molar refractivity (Wildman–Crippen MR) is 45.2 cm³/mol. The molecule has 1 saturated carbocycles. The molecule has 0 atom stereocenters. The highest BCUT2D eigenvalue weighted by atomic mass is 16.6. The van der Waals surface area contributed by atoms with Gasteiger partial charge in [0.2, 0.25) is 5.91 Å². The summed E-state index contributed by atoms with van der Waals surface area (Å²) >= 11 is 0. The molecule has 0 spiro atoms. The van der Waals surface area contributed by atoms with E-state index in [0.717, 1.165) is 12.8 Å². The average Bonchev–Trinajstić information content (AvgIpc) is 1.98. The molecule has 0 unspecified atom stereocenters. The molecule has 12 heavy (non-hydrogen) atoms. The van der Waals surface area contributed by atoms with Crippen molar-refractivity contribution in [2.24, 2.45) is 5.90 Å². The van der Waals surface area contributed by atoms with Crippen LogP contribution in [0.2, 0.25) is 0 Å². The molecule has 70 valence electrons. The van der Waals surface area contributed by atoms with Gasteiger partial charge in [-0.3, -0.25) is 4.79 Å². The van der Waals surface area contributed by atoms with Gasteiger partial charge in [0.25, 0.3) is 0 Å². The Kier molecular flexibility index (Phi) is 4.04. The Balaban J connectivity index is 1.95. The summed E-state index contributed by atoms with van der Waals surface area (Å²) in [6.07, 6.45) is 4.75. The number of hydrogen-bond acceptors (Lipinski definition) is 3. The second-order valence-electron chi connectivity index (χ2n) is 3.17. The van der Waals surface area contributed by atoms with Crippen molar-refractivity contribution in [2.75, 3.05) is 6.61 Å². The van der Waals surface area contributed by atoms with Gasteiger partial charge in [0.15, 0.2) is 0 Å². The Morgan fingerprint density at radius 1 is 1.58 bits per heavy atom. The van der Waals surface area contributed by atoms with E-state index in [1.807, 2.05) is 0 Å². The quantitative estimate of drug-likeness (QED) is 0.464. The van der Waals surface area contributed by atoms with Crippen LogP contribution in [0.1, 0.15) is 32.1 Å². The van der Waals surface area contributed by atoms with Gasteiger partial charge in [-0.2, -0.15) is 0 Å². The SMILES string of the molecule is NOCCCC(=O)NC1CCC1. The van der Waals surface area contributed by atoms with E-state index in [2.05, 4.69) is 10.2 Å². The highest BCUT2D eigenvalue weighted by molar-refractivity contribution is 5.76. The highest BCUT2D eigenvalue weighted by Gasteiger charge is 2.18. The standard InChI is InChI=1S/C8H16N2O2/c9-12-6-2-5-8(11)10-7-3-1-4-7/h7H,1-6,9H2,(H,10,11). The van der Waals surface area contributed by atoms with Crippen LogP contribution in [0.15, 0.2) is 0 Å². The monoisotopic (exact) mass is 172 g/mol. The van der Waals surface area contributed by atoms with Crippen LogP contribution < -0.4 is 11.2 Å². The van der Waals surface area contributed by atoms with Gasteiger partial charge in [0, 0.05) is 12.5 Å². The number of nitrogens with one attached hydrogen (secondary N) is 1. The third-order valence-electron chi connectivity index (χ3n) is 2.14. The first-order valence-electron chi connectivity index (χ1n) is 4.44. The minimum absolute atomic E-state index is 0.122. The Hall–Kier alpha value is -0.610. The van der Waals surface area contributed by atoms with Crippen LogP contribution in [0.5, 0.6) is 0 Å². The number of hydrogen-bond donors (Lipinski definition) is 2. The lowest BCUT2D eigenvalue weighted by molar-refractivity contribution is -0.122. The molecule has 0 radical (unpaired) electrons. The summed E-state index contributed by atoms with van der Waals surface area (Å²) in [6, 6.07) is 0.441. The van der Waals surface area contributed by atoms with Gasteiger partial charge < -0.3 is 10.2 Å². The first kappa shape index (κ1) is 9.48. The minimum atomic E-state index is 0.122. The van der Waals surface area contributed by atoms with Gasteiger partial charge in [-0.15, -0.1) is 0 Å². The van der Waals surface area contributed by atoms with Crippen LogP contribution >= 0.6 is 0 Å². The Morgan fingerprint density at radius 3 is 2.83 bits per heavy atom. The van der Waals surface area contributed by atoms with E-state index < -0.39 is 0 Å². The van der Waals surface area contributed by atoms with Gasteiger partial charge in [0.1, 0.15) is 0 Å². The molecule has 0 aromatic carbocycles. The van der Waals surface area contributed by atoms with Crippen molar-refractivity contribution in [2.45, 2.75) is 38.1 Å². The molecule has 0 bridgehead atoms. The van der Waals surface area contributed by atoms with E-state index in [1.54, 1.807) is 0 Å². The summed E-state index contributed by atoms with van der Waals surface area (Å²) in [5, 5.41) is 2.94. The molecular weight excluding hydrogens is 156 g/mol. The van der Waals surface area contributed by atoms with Crippen LogP contribution in [-0.4, -0.2) is 18.6 Å². The fraction of sp³-hybridized carbons (Fsp3) is 0.875. The van der Waals surface area contributed by atoms with Crippen molar-refractivity contribution in [3.05, 3.63) is 0 Å². The lowest BCUT2D eigenvalue weighted by atomic mass is 9.93. The van der Waals surface area contributed by atoms with Crippen molar-refractivity contribution in [1.82, 2.24) is 5.32 Å². The molecule has 1 aliphatic carbocycles. The zero-order valence-electron chi connectivity index (χ0n) is 7.21. The molecule has 1 fully saturated rings. The summed E-state index contributed by atoms with van der Waals surface area (Å²) in [5.74, 6) is 4.94. The molecule has 0 aromatic heterocycles. The normalized spacial score (nSPS) is 17.1. The number of rotatable bonds is 5. The molecule has 0 aliphatic heterocycles. The fourth-order valence-electron chi connectivity index (χ4n) is 1.17. The largest absolute Gasteiger partial charge is 0.353 e. The summed E-state index contributed by atoms with van der Waals surface area (Å²) in [6.45, 7) is 0.456. The molecular formula is C8H16N2O2. The van der Waals surface area contributed by atoms with E-state index in [1.165, 1.54) is 6.42 Å². The van der Waals surface area contributed by atoms with Gasteiger partial charge in [-0.1, -0.05) is 0 Å². The number of nitrogens with two attached hydrogens (primary N) is 1. The molecule has 1 rings (SSSR count). The molecule has 1 aliphatic rings. The van der Waals surface area contributed by atoms with E-state index in [-0.39, 0.29) is 5.91 Å². The third-order valence-corrected chi connectivity index (χ3v) is 2.14. The van der Waals surface area contributed by atoms with Gasteiger partial charge in [-0.05, 0) is 25.7 Å². The molecule has 1 amide bonds. The van der Waals surface area contributed by atoms with E-state index >= 15 is 0 Å². The topological polar surface area (TPSA) is 64.3 Å². The molecule has 0 aromatic rings. The molecule has 4 heteroatoms. The molecule has 4 nitrogen and oxygen atoms in total. The smallest absolute Gasteiger partial charge is 0.220 e. The summed E-state index contributed by atoms with van der Waals surface area (Å²) in [5.41, 5.74) is 0. The maximum atomic E-state index is 11.1. The maximum absolute atomic E-state index is 11.1. The lowest BCUT2D eigenvalue weighted by Gasteiger charge is -2.26. The number of carbonyl (C=O) groups excluding carboxylic acids is 1. The fourth-order valence-corrected chi connectivity index (χ4v) is 1.17. The van der Waals surface area contributed by atoms with Gasteiger partial charge >= 0.3 is 0 Å². The summed E-state index contributed by atoms with van der Waals surface area (Å²) in [7, 11) is 0.